The van der Waals surface area contributed by atoms with Gasteiger partial charge in [-0.05, 0) is 31.2 Å². The van der Waals surface area contributed by atoms with Crippen molar-refractivity contribution < 1.29 is 14.3 Å². The first-order valence-electron chi connectivity index (χ1n) is 5.92. The van der Waals surface area contributed by atoms with Crippen LogP contribution in [-0.4, -0.2) is 34.7 Å². The molecule has 6 heteroatoms. The van der Waals surface area contributed by atoms with E-state index in [1.165, 1.54) is 0 Å². The highest BCUT2D eigenvalue weighted by atomic mass is 16.5. The Balaban J connectivity index is 2.15. The van der Waals surface area contributed by atoms with Crippen LogP contribution in [0, 0.1) is 0 Å². The second-order valence-electron chi connectivity index (χ2n) is 3.85. The molecule has 0 atom stereocenters. The van der Waals surface area contributed by atoms with E-state index in [9.17, 15) is 4.79 Å². The fourth-order valence-electron chi connectivity index (χ4n) is 1.60. The maximum absolute atomic E-state index is 11.5. The Kier molecular flexibility index (Phi) is 4.25. The Morgan fingerprint density at radius 1 is 1.32 bits per heavy atom. The molecule has 100 valence electrons. The van der Waals surface area contributed by atoms with Crippen molar-refractivity contribution in [3.63, 3.8) is 0 Å². The highest BCUT2D eigenvalue weighted by Gasteiger charge is 2.07. The van der Waals surface area contributed by atoms with E-state index < -0.39 is 0 Å². The van der Waals surface area contributed by atoms with Crippen molar-refractivity contribution in [3.8, 4) is 5.69 Å². The molecule has 1 aromatic carbocycles. The minimum absolute atomic E-state index is 0.326. The van der Waals surface area contributed by atoms with E-state index in [4.69, 9.17) is 9.47 Å². The third-order valence-electron chi connectivity index (χ3n) is 2.48. The molecule has 0 spiro atoms. The zero-order chi connectivity index (χ0) is 13.7. The second kappa shape index (κ2) is 6.10. The number of aromatic nitrogens is 3. The first-order chi connectivity index (χ1) is 9.24. The van der Waals surface area contributed by atoms with Crippen molar-refractivity contribution in [1.29, 1.82) is 0 Å². The fraction of sp³-hybridized carbons (Fsp3) is 0.308. The topological polar surface area (TPSA) is 66.2 Å². The zero-order valence-corrected chi connectivity index (χ0v) is 10.9. The van der Waals surface area contributed by atoms with Crippen LogP contribution in [0.5, 0.6) is 0 Å². The number of hydrogen-bond donors (Lipinski definition) is 0. The first kappa shape index (κ1) is 13.2. The largest absolute Gasteiger partial charge is 0.462 e. The summed E-state index contributed by atoms with van der Waals surface area (Å²) in [6.45, 7) is 2.56. The summed E-state index contributed by atoms with van der Waals surface area (Å²) in [4.78, 5) is 11.5. The molecular weight excluding hydrogens is 246 g/mol. The molecule has 0 bridgehead atoms. The number of hydrogen-bond acceptors (Lipinski definition) is 5. The molecule has 2 aromatic rings. The van der Waals surface area contributed by atoms with Crippen LogP contribution < -0.4 is 0 Å². The van der Waals surface area contributed by atoms with Gasteiger partial charge in [0.15, 0.2) is 0 Å². The van der Waals surface area contributed by atoms with Crippen LogP contribution in [0.2, 0.25) is 0 Å². The Bertz CT molecular complexity index is 549. The van der Waals surface area contributed by atoms with Crippen molar-refractivity contribution in [2.45, 2.75) is 13.5 Å². The maximum Gasteiger partial charge on any atom is 0.338 e. The number of carbonyl (C=O) groups excluding carboxylic acids is 1. The van der Waals surface area contributed by atoms with Gasteiger partial charge < -0.3 is 9.47 Å². The van der Waals surface area contributed by atoms with Crippen molar-refractivity contribution in [3.05, 3.63) is 41.7 Å². The van der Waals surface area contributed by atoms with Gasteiger partial charge in [-0.1, -0.05) is 5.21 Å². The third kappa shape index (κ3) is 3.17. The lowest BCUT2D eigenvalue weighted by Gasteiger charge is -2.03. The lowest BCUT2D eigenvalue weighted by molar-refractivity contribution is 0.0526. The van der Waals surface area contributed by atoms with Gasteiger partial charge in [-0.2, -0.15) is 0 Å². The van der Waals surface area contributed by atoms with Gasteiger partial charge in [0, 0.05) is 7.11 Å². The number of benzene rings is 1. The van der Waals surface area contributed by atoms with Crippen LogP contribution in [0.25, 0.3) is 5.69 Å². The SMILES string of the molecule is CCOC(=O)c1ccc(-n2cc(COC)nn2)cc1. The van der Waals surface area contributed by atoms with Crippen LogP contribution in [0.1, 0.15) is 23.0 Å². The van der Waals surface area contributed by atoms with Crippen molar-refractivity contribution in [2.75, 3.05) is 13.7 Å². The van der Waals surface area contributed by atoms with Crippen molar-refractivity contribution >= 4 is 5.97 Å². The van der Waals surface area contributed by atoms with Crippen LogP contribution in [0.3, 0.4) is 0 Å². The van der Waals surface area contributed by atoms with Crippen LogP contribution in [-0.2, 0) is 16.1 Å². The van der Waals surface area contributed by atoms with Gasteiger partial charge in [0.05, 0.1) is 30.7 Å². The van der Waals surface area contributed by atoms with Crippen LogP contribution in [0.4, 0.5) is 0 Å². The quantitative estimate of drug-likeness (QED) is 0.765. The summed E-state index contributed by atoms with van der Waals surface area (Å²) in [5.74, 6) is -0.326. The normalized spacial score (nSPS) is 10.4. The lowest BCUT2D eigenvalue weighted by atomic mass is 10.2. The van der Waals surface area contributed by atoms with E-state index in [1.54, 1.807) is 49.2 Å². The molecule has 0 fully saturated rings. The molecule has 0 saturated carbocycles. The Morgan fingerprint density at radius 2 is 2.05 bits per heavy atom. The van der Waals surface area contributed by atoms with E-state index in [1.807, 2.05) is 0 Å². The van der Waals surface area contributed by atoms with Crippen molar-refractivity contribution in [2.24, 2.45) is 0 Å². The number of carbonyl (C=O) groups is 1. The third-order valence-corrected chi connectivity index (χ3v) is 2.48. The van der Waals surface area contributed by atoms with Gasteiger partial charge >= 0.3 is 5.97 Å². The average molecular weight is 261 g/mol. The molecule has 0 radical (unpaired) electrons. The zero-order valence-electron chi connectivity index (χ0n) is 10.9. The summed E-state index contributed by atoms with van der Waals surface area (Å²) in [5.41, 5.74) is 2.09. The van der Waals surface area contributed by atoms with Crippen LogP contribution >= 0.6 is 0 Å². The second-order valence-corrected chi connectivity index (χ2v) is 3.85. The van der Waals surface area contributed by atoms with Gasteiger partial charge in [0.2, 0.25) is 0 Å². The van der Waals surface area contributed by atoms with Gasteiger partial charge in [0.1, 0.15) is 5.69 Å². The summed E-state index contributed by atoms with van der Waals surface area (Å²) in [6, 6.07) is 6.98. The Morgan fingerprint density at radius 3 is 2.68 bits per heavy atom. The van der Waals surface area contributed by atoms with Crippen LogP contribution in [0.15, 0.2) is 30.5 Å². The molecule has 0 amide bonds. The molecule has 1 heterocycles. The van der Waals surface area contributed by atoms with E-state index in [-0.39, 0.29) is 5.97 Å². The number of rotatable bonds is 5. The number of nitrogens with zero attached hydrogens (tertiary/aromatic N) is 3. The molecule has 0 saturated heterocycles. The Hall–Kier alpha value is -2.21. The van der Waals surface area contributed by atoms with Gasteiger partial charge in [0.25, 0.3) is 0 Å². The van der Waals surface area contributed by atoms with E-state index >= 15 is 0 Å². The summed E-state index contributed by atoms with van der Waals surface area (Å²) >= 11 is 0. The molecule has 0 aliphatic rings. The summed E-state index contributed by atoms with van der Waals surface area (Å²) < 4.78 is 11.5. The predicted molar refractivity (Wildman–Crippen MR) is 68.0 cm³/mol. The predicted octanol–water partition coefficient (Wildman–Crippen LogP) is 1.59. The minimum Gasteiger partial charge on any atom is -0.462 e. The standard InChI is InChI=1S/C13H15N3O3/c1-3-19-13(17)10-4-6-12(7-5-10)16-8-11(9-18-2)14-15-16/h4-8H,3,9H2,1-2H3. The molecule has 0 aliphatic carbocycles. The van der Waals surface area contributed by atoms with Gasteiger partial charge in [-0.15, -0.1) is 5.10 Å². The molecule has 1 aromatic heterocycles. The highest BCUT2D eigenvalue weighted by molar-refractivity contribution is 5.89. The average Bonchev–Trinajstić information content (AvgIpc) is 2.88. The first-order valence-corrected chi connectivity index (χ1v) is 5.92. The molecule has 0 unspecified atom stereocenters. The summed E-state index contributed by atoms with van der Waals surface area (Å²) in [6.07, 6.45) is 1.78. The number of methoxy groups -OCH3 is 1. The molecule has 0 aliphatic heterocycles. The van der Waals surface area contributed by atoms with E-state index in [2.05, 4.69) is 10.3 Å². The molecular formula is C13H15N3O3. The van der Waals surface area contributed by atoms with E-state index in [0.29, 0.717) is 18.8 Å². The van der Waals surface area contributed by atoms with Crippen molar-refractivity contribution in [1.82, 2.24) is 15.0 Å². The van der Waals surface area contributed by atoms with E-state index in [0.717, 1.165) is 11.4 Å². The molecule has 0 N–H and O–H groups in total. The summed E-state index contributed by atoms with van der Waals surface area (Å²) in [5, 5.41) is 7.95. The van der Waals surface area contributed by atoms with Gasteiger partial charge in [-0.3, -0.25) is 0 Å². The lowest BCUT2D eigenvalue weighted by Crippen LogP contribution is -2.04. The Labute approximate surface area is 110 Å². The molecule has 6 nitrogen and oxygen atoms in total. The monoisotopic (exact) mass is 261 g/mol. The summed E-state index contributed by atoms with van der Waals surface area (Å²) in [7, 11) is 1.60. The molecule has 2 rings (SSSR count). The van der Waals surface area contributed by atoms with Gasteiger partial charge in [-0.25, -0.2) is 9.48 Å². The number of ether oxygens (including phenoxy) is 2. The maximum atomic E-state index is 11.5. The fourth-order valence-corrected chi connectivity index (χ4v) is 1.60. The number of esters is 1. The minimum atomic E-state index is -0.326. The highest BCUT2D eigenvalue weighted by Crippen LogP contribution is 2.10. The smallest absolute Gasteiger partial charge is 0.338 e. The molecule has 19 heavy (non-hydrogen) atoms.